The van der Waals surface area contributed by atoms with Gasteiger partial charge in [-0.2, -0.15) is 5.10 Å². The van der Waals surface area contributed by atoms with Crippen molar-refractivity contribution in [3.8, 4) is 0 Å². The van der Waals surface area contributed by atoms with Crippen molar-refractivity contribution in [2.45, 2.75) is 39.0 Å². The van der Waals surface area contributed by atoms with Crippen LogP contribution in [-0.2, 0) is 11.3 Å². The number of nitrogens with zero attached hydrogens (tertiary/aromatic N) is 2. The molecular formula is C10H18N4O2. The minimum absolute atomic E-state index is 0.0906. The van der Waals surface area contributed by atoms with Crippen LogP contribution in [0.1, 0.15) is 20.8 Å². The molecule has 0 radical (unpaired) electrons. The zero-order chi connectivity index (χ0) is 12.3. The van der Waals surface area contributed by atoms with Gasteiger partial charge in [0.25, 0.3) is 0 Å². The van der Waals surface area contributed by atoms with Crippen molar-refractivity contribution in [2.75, 3.05) is 5.73 Å². The number of nitrogens with two attached hydrogens (primary N) is 1. The minimum Gasteiger partial charge on any atom is -0.396 e. The predicted octanol–water partition coefficient (Wildman–Crippen LogP) is -0.259. The van der Waals surface area contributed by atoms with E-state index in [9.17, 15) is 9.90 Å². The van der Waals surface area contributed by atoms with Gasteiger partial charge in [-0.3, -0.25) is 9.48 Å². The standard InChI is InChI=1S/C10H18N4O2/c1-7(15)10(2,3)13-9(16)6-14-5-8(11)4-12-14/h4-5,7,15H,6,11H2,1-3H3,(H,13,16). The summed E-state index contributed by atoms with van der Waals surface area (Å²) in [5.41, 5.74) is 5.33. The maximum absolute atomic E-state index is 11.6. The number of carbonyl (C=O) groups is 1. The summed E-state index contributed by atoms with van der Waals surface area (Å²) < 4.78 is 1.45. The molecule has 4 N–H and O–H groups in total. The Morgan fingerprint density at radius 3 is 2.81 bits per heavy atom. The summed E-state index contributed by atoms with van der Waals surface area (Å²) in [6.45, 7) is 5.24. The normalized spacial score (nSPS) is 13.5. The summed E-state index contributed by atoms with van der Waals surface area (Å²) in [5, 5.41) is 16.1. The Kier molecular flexibility index (Phi) is 3.54. The van der Waals surface area contributed by atoms with Gasteiger partial charge in [-0.15, -0.1) is 0 Å². The smallest absolute Gasteiger partial charge is 0.242 e. The van der Waals surface area contributed by atoms with E-state index in [1.807, 2.05) is 0 Å². The molecule has 1 unspecified atom stereocenters. The highest BCUT2D eigenvalue weighted by atomic mass is 16.3. The summed E-state index contributed by atoms with van der Waals surface area (Å²) in [7, 11) is 0. The molecule has 1 aromatic rings. The first-order valence-corrected chi connectivity index (χ1v) is 5.08. The van der Waals surface area contributed by atoms with Gasteiger partial charge in [0.15, 0.2) is 0 Å². The van der Waals surface area contributed by atoms with Crippen LogP contribution in [0, 0.1) is 0 Å². The van der Waals surface area contributed by atoms with E-state index in [1.165, 1.54) is 10.9 Å². The SMILES string of the molecule is CC(O)C(C)(C)NC(=O)Cn1cc(N)cn1. The molecule has 1 amide bonds. The molecule has 0 bridgehead atoms. The lowest BCUT2D eigenvalue weighted by molar-refractivity contribution is -0.124. The van der Waals surface area contributed by atoms with Gasteiger partial charge < -0.3 is 16.2 Å². The Labute approximate surface area is 94.4 Å². The molecule has 90 valence electrons. The molecular weight excluding hydrogens is 208 g/mol. The average molecular weight is 226 g/mol. The maximum atomic E-state index is 11.6. The van der Waals surface area contributed by atoms with Crippen LogP contribution >= 0.6 is 0 Å². The summed E-state index contributed by atoms with van der Waals surface area (Å²) in [5.74, 6) is -0.214. The van der Waals surface area contributed by atoms with E-state index in [-0.39, 0.29) is 12.5 Å². The van der Waals surface area contributed by atoms with E-state index in [2.05, 4.69) is 10.4 Å². The van der Waals surface area contributed by atoms with Crippen LogP contribution in [0.5, 0.6) is 0 Å². The number of carbonyl (C=O) groups excluding carboxylic acids is 1. The Balaban J connectivity index is 2.54. The number of aromatic nitrogens is 2. The molecule has 0 aliphatic rings. The van der Waals surface area contributed by atoms with Crippen LogP contribution in [-0.4, -0.2) is 32.4 Å². The van der Waals surface area contributed by atoms with Crippen molar-refractivity contribution in [1.82, 2.24) is 15.1 Å². The predicted molar refractivity (Wildman–Crippen MR) is 60.5 cm³/mol. The van der Waals surface area contributed by atoms with Crippen LogP contribution in [0.3, 0.4) is 0 Å². The first kappa shape index (κ1) is 12.5. The third-order valence-corrected chi connectivity index (χ3v) is 2.46. The lowest BCUT2D eigenvalue weighted by atomic mass is 9.99. The third kappa shape index (κ3) is 3.23. The quantitative estimate of drug-likeness (QED) is 0.659. The van der Waals surface area contributed by atoms with Crippen LogP contribution < -0.4 is 11.1 Å². The Morgan fingerprint density at radius 1 is 1.75 bits per heavy atom. The number of aliphatic hydroxyl groups is 1. The second-order valence-electron chi connectivity index (χ2n) is 4.42. The Bertz CT molecular complexity index is 371. The molecule has 0 saturated heterocycles. The topological polar surface area (TPSA) is 93.2 Å². The van der Waals surface area contributed by atoms with E-state index in [1.54, 1.807) is 27.0 Å². The first-order chi connectivity index (χ1) is 7.31. The van der Waals surface area contributed by atoms with E-state index in [0.29, 0.717) is 5.69 Å². The van der Waals surface area contributed by atoms with Crippen molar-refractivity contribution >= 4 is 11.6 Å². The summed E-state index contributed by atoms with van der Waals surface area (Å²) in [6, 6.07) is 0. The van der Waals surface area contributed by atoms with E-state index in [0.717, 1.165) is 0 Å². The molecule has 0 aliphatic carbocycles. The zero-order valence-electron chi connectivity index (χ0n) is 9.77. The van der Waals surface area contributed by atoms with Gasteiger partial charge in [0.1, 0.15) is 6.54 Å². The molecule has 0 fully saturated rings. The molecule has 0 aliphatic heterocycles. The molecule has 6 nitrogen and oxygen atoms in total. The summed E-state index contributed by atoms with van der Waals surface area (Å²) in [6.07, 6.45) is 2.43. The number of hydrogen-bond donors (Lipinski definition) is 3. The Hall–Kier alpha value is -1.56. The number of nitrogen functional groups attached to an aromatic ring is 1. The van der Waals surface area contributed by atoms with Gasteiger partial charge in [0.05, 0.1) is 23.5 Å². The van der Waals surface area contributed by atoms with Gasteiger partial charge in [0.2, 0.25) is 5.91 Å². The van der Waals surface area contributed by atoms with Gasteiger partial charge in [-0.05, 0) is 20.8 Å². The van der Waals surface area contributed by atoms with Crippen LogP contribution in [0.4, 0.5) is 5.69 Å². The second-order valence-corrected chi connectivity index (χ2v) is 4.42. The van der Waals surface area contributed by atoms with Gasteiger partial charge >= 0.3 is 0 Å². The maximum Gasteiger partial charge on any atom is 0.242 e. The molecule has 16 heavy (non-hydrogen) atoms. The second kappa shape index (κ2) is 4.52. The zero-order valence-corrected chi connectivity index (χ0v) is 9.77. The number of nitrogens with one attached hydrogen (secondary N) is 1. The number of amides is 1. The largest absolute Gasteiger partial charge is 0.396 e. The minimum atomic E-state index is -0.657. The molecule has 0 spiro atoms. The molecule has 1 aromatic heterocycles. The van der Waals surface area contributed by atoms with Gasteiger partial charge in [-0.1, -0.05) is 0 Å². The van der Waals surface area contributed by atoms with E-state index >= 15 is 0 Å². The lowest BCUT2D eigenvalue weighted by Crippen LogP contribution is -2.51. The average Bonchev–Trinajstić information content (AvgIpc) is 2.49. The number of hydrogen-bond acceptors (Lipinski definition) is 4. The summed E-state index contributed by atoms with van der Waals surface area (Å²) >= 11 is 0. The van der Waals surface area contributed by atoms with E-state index < -0.39 is 11.6 Å². The lowest BCUT2D eigenvalue weighted by Gasteiger charge is -2.29. The molecule has 1 atom stereocenters. The van der Waals surface area contributed by atoms with Crippen molar-refractivity contribution < 1.29 is 9.90 Å². The highest BCUT2D eigenvalue weighted by molar-refractivity contribution is 5.76. The fraction of sp³-hybridized carbons (Fsp3) is 0.600. The van der Waals surface area contributed by atoms with Crippen molar-refractivity contribution in [2.24, 2.45) is 0 Å². The highest BCUT2D eigenvalue weighted by Gasteiger charge is 2.25. The fourth-order valence-corrected chi connectivity index (χ4v) is 1.12. The monoisotopic (exact) mass is 226 g/mol. The van der Waals surface area contributed by atoms with Crippen LogP contribution in [0.25, 0.3) is 0 Å². The molecule has 6 heteroatoms. The molecule has 1 rings (SSSR count). The number of rotatable bonds is 4. The van der Waals surface area contributed by atoms with Gasteiger partial charge in [0, 0.05) is 6.20 Å². The van der Waals surface area contributed by atoms with Crippen molar-refractivity contribution in [1.29, 1.82) is 0 Å². The Morgan fingerprint density at radius 2 is 2.38 bits per heavy atom. The van der Waals surface area contributed by atoms with Crippen molar-refractivity contribution in [3.05, 3.63) is 12.4 Å². The highest BCUT2D eigenvalue weighted by Crippen LogP contribution is 2.08. The van der Waals surface area contributed by atoms with Gasteiger partial charge in [-0.25, -0.2) is 0 Å². The van der Waals surface area contributed by atoms with E-state index in [4.69, 9.17) is 5.73 Å². The molecule has 0 saturated carbocycles. The third-order valence-electron chi connectivity index (χ3n) is 2.46. The molecule has 1 heterocycles. The number of aliphatic hydroxyl groups excluding tert-OH is 1. The number of anilines is 1. The van der Waals surface area contributed by atoms with Crippen molar-refractivity contribution in [3.63, 3.8) is 0 Å². The summed E-state index contributed by atoms with van der Waals surface area (Å²) in [4.78, 5) is 11.6. The first-order valence-electron chi connectivity index (χ1n) is 5.08. The fourth-order valence-electron chi connectivity index (χ4n) is 1.12. The van der Waals surface area contributed by atoms with Crippen LogP contribution in [0.2, 0.25) is 0 Å². The molecule has 0 aromatic carbocycles. The van der Waals surface area contributed by atoms with Crippen LogP contribution in [0.15, 0.2) is 12.4 Å².